The molecule has 9 nitrogen and oxygen atoms in total. The molecule has 1 aliphatic carbocycles. The molecule has 220 valence electrons. The molecule has 0 aliphatic heterocycles. The molecule has 1 atom stereocenters. The number of carbonyl (C=O) groups is 2. The third-order valence-corrected chi connectivity index (χ3v) is 8.76. The normalized spacial score (nSPS) is 14.8. The fourth-order valence-electron chi connectivity index (χ4n) is 4.89. The van der Waals surface area contributed by atoms with Crippen LogP contribution in [0.1, 0.15) is 51.0 Å². The average Bonchev–Trinajstić information content (AvgIpc) is 2.92. The van der Waals surface area contributed by atoms with Crippen molar-refractivity contribution in [2.45, 2.75) is 64.1 Å². The molecular weight excluding hydrogens is 577 g/mol. The Labute approximate surface area is 246 Å². The van der Waals surface area contributed by atoms with Crippen LogP contribution in [0.4, 0.5) is 5.69 Å². The number of anilines is 1. The lowest BCUT2D eigenvalue weighted by Gasteiger charge is -2.34. The van der Waals surface area contributed by atoms with Crippen molar-refractivity contribution in [3.63, 3.8) is 0 Å². The molecule has 2 amide bonds. The van der Waals surface area contributed by atoms with Crippen molar-refractivity contribution in [2.75, 3.05) is 31.3 Å². The van der Waals surface area contributed by atoms with E-state index in [1.54, 1.807) is 24.3 Å². The lowest BCUT2D eigenvalue weighted by Crippen LogP contribution is -2.54. The van der Waals surface area contributed by atoms with E-state index in [0.717, 1.165) is 42.7 Å². The first kappa shape index (κ1) is 31.8. The molecule has 0 aromatic heterocycles. The average molecular weight is 615 g/mol. The summed E-state index contributed by atoms with van der Waals surface area (Å²) < 4.78 is 37.4. The van der Waals surface area contributed by atoms with Crippen LogP contribution in [0.15, 0.2) is 36.4 Å². The minimum absolute atomic E-state index is 0.00500. The quantitative estimate of drug-likeness (QED) is 0.360. The highest BCUT2D eigenvalue weighted by Crippen LogP contribution is 2.33. The summed E-state index contributed by atoms with van der Waals surface area (Å²) in [6.07, 6.45) is 6.34. The zero-order chi connectivity index (χ0) is 29.4. The van der Waals surface area contributed by atoms with Crippen LogP contribution >= 0.6 is 23.2 Å². The van der Waals surface area contributed by atoms with E-state index >= 15 is 0 Å². The van der Waals surface area contributed by atoms with Crippen LogP contribution in [0.2, 0.25) is 10.0 Å². The molecule has 2 aromatic carbocycles. The van der Waals surface area contributed by atoms with E-state index in [-0.39, 0.29) is 24.2 Å². The Morgan fingerprint density at radius 1 is 1.02 bits per heavy atom. The summed E-state index contributed by atoms with van der Waals surface area (Å²) >= 11 is 12.5. The maximum absolute atomic E-state index is 13.9. The van der Waals surface area contributed by atoms with Gasteiger partial charge in [-0.3, -0.25) is 13.9 Å². The van der Waals surface area contributed by atoms with E-state index in [4.69, 9.17) is 32.7 Å². The molecule has 0 radical (unpaired) electrons. The molecule has 40 heavy (non-hydrogen) atoms. The zero-order valence-electron chi connectivity index (χ0n) is 23.3. The third-order valence-electron chi connectivity index (χ3n) is 7.03. The predicted molar refractivity (Wildman–Crippen MR) is 158 cm³/mol. The molecule has 0 bridgehead atoms. The Bertz CT molecular complexity index is 1300. The summed E-state index contributed by atoms with van der Waals surface area (Å²) in [6.45, 7) is 1.28. The second-order valence-corrected chi connectivity index (χ2v) is 12.6. The van der Waals surface area contributed by atoms with Crippen LogP contribution in [-0.2, 0) is 26.2 Å². The van der Waals surface area contributed by atoms with Gasteiger partial charge in [0.2, 0.25) is 21.8 Å². The van der Waals surface area contributed by atoms with Crippen molar-refractivity contribution in [1.29, 1.82) is 0 Å². The maximum Gasteiger partial charge on any atom is 0.244 e. The SMILES string of the molecule is CCC(C(=O)NC1CCCCC1)N(Cc1ccc(Cl)cc1Cl)C(=O)CN(c1ccc(OC)c(OC)c1)S(C)(=O)=O. The molecule has 2 aromatic rings. The third kappa shape index (κ3) is 8.17. The largest absolute Gasteiger partial charge is 0.493 e. The van der Waals surface area contributed by atoms with Gasteiger partial charge < -0.3 is 19.7 Å². The molecule has 1 saturated carbocycles. The molecular formula is C28H37Cl2N3O6S. The van der Waals surface area contributed by atoms with Gasteiger partial charge in [-0.05, 0) is 49.1 Å². The van der Waals surface area contributed by atoms with Crippen LogP contribution in [0.5, 0.6) is 11.5 Å². The zero-order valence-corrected chi connectivity index (χ0v) is 25.6. The fraction of sp³-hybridized carbons (Fsp3) is 0.500. The van der Waals surface area contributed by atoms with Gasteiger partial charge in [0.05, 0.1) is 26.2 Å². The maximum atomic E-state index is 13.9. The van der Waals surface area contributed by atoms with Gasteiger partial charge in [0.25, 0.3) is 0 Å². The number of halogens is 2. The Hall–Kier alpha value is -2.69. The van der Waals surface area contributed by atoms with Crippen molar-refractivity contribution < 1.29 is 27.5 Å². The second kappa shape index (κ2) is 14.3. The van der Waals surface area contributed by atoms with Gasteiger partial charge in [0.15, 0.2) is 11.5 Å². The highest BCUT2D eigenvalue weighted by atomic mass is 35.5. The Morgan fingerprint density at radius 2 is 1.70 bits per heavy atom. The van der Waals surface area contributed by atoms with Crippen LogP contribution in [-0.4, -0.2) is 64.2 Å². The molecule has 3 rings (SSSR count). The van der Waals surface area contributed by atoms with E-state index in [9.17, 15) is 18.0 Å². The van der Waals surface area contributed by atoms with Crippen LogP contribution in [0.25, 0.3) is 0 Å². The fourth-order valence-corrected chi connectivity index (χ4v) is 6.20. The molecule has 1 unspecified atom stereocenters. The Morgan fingerprint density at radius 3 is 2.27 bits per heavy atom. The van der Waals surface area contributed by atoms with E-state index in [1.165, 1.54) is 31.3 Å². The predicted octanol–water partition coefficient (Wildman–Crippen LogP) is 5.03. The van der Waals surface area contributed by atoms with Gasteiger partial charge >= 0.3 is 0 Å². The second-order valence-electron chi connectivity index (χ2n) is 9.83. The van der Waals surface area contributed by atoms with E-state index in [2.05, 4.69) is 5.32 Å². The number of benzene rings is 2. The summed E-state index contributed by atoms with van der Waals surface area (Å²) in [5, 5.41) is 3.88. The van der Waals surface area contributed by atoms with Crippen LogP contribution < -0.4 is 19.1 Å². The van der Waals surface area contributed by atoms with Crippen molar-refractivity contribution in [1.82, 2.24) is 10.2 Å². The number of nitrogens with one attached hydrogen (secondary N) is 1. The number of methoxy groups -OCH3 is 2. The molecule has 0 heterocycles. The minimum Gasteiger partial charge on any atom is -0.493 e. The van der Waals surface area contributed by atoms with E-state index < -0.39 is 28.5 Å². The standard InChI is InChI=1S/C28H37Cl2N3O6S/c1-5-24(28(35)31-21-9-7-6-8-10-21)32(17-19-11-12-20(29)15-23(19)30)27(34)18-33(40(4,36)37)22-13-14-25(38-2)26(16-22)39-3/h11-16,21,24H,5-10,17-18H2,1-4H3,(H,31,35). The van der Waals surface area contributed by atoms with Crippen LogP contribution in [0, 0.1) is 0 Å². The monoisotopic (exact) mass is 613 g/mol. The van der Waals surface area contributed by atoms with Crippen molar-refractivity contribution in [3.8, 4) is 11.5 Å². The Kier molecular flexibility index (Phi) is 11.4. The molecule has 12 heteroatoms. The number of ether oxygens (including phenoxy) is 2. The number of rotatable bonds is 12. The number of carbonyl (C=O) groups excluding carboxylic acids is 2. The number of sulfonamides is 1. The summed E-state index contributed by atoms with van der Waals surface area (Å²) in [5.74, 6) is -0.110. The Balaban J connectivity index is 1.97. The smallest absolute Gasteiger partial charge is 0.244 e. The molecule has 1 aliphatic rings. The van der Waals surface area contributed by atoms with Crippen molar-refractivity contribution >= 4 is 50.7 Å². The molecule has 0 saturated heterocycles. The number of nitrogens with zero attached hydrogens (tertiary/aromatic N) is 2. The first-order chi connectivity index (χ1) is 19.0. The van der Waals surface area contributed by atoms with Gasteiger partial charge in [-0.2, -0.15) is 0 Å². The summed E-state index contributed by atoms with van der Waals surface area (Å²) in [4.78, 5) is 28.8. The first-order valence-electron chi connectivity index (χ1n) is 13.2. The van der Waals surface area contributed by atoms with Crippen LogP contribution in [0.3, 0.4) is 0 Å². The van der Waals surface area contributed by atoms with Gasteiger partial charge in [-0.15, -0.1) is 0 Å². The minimum atomic E-state index is -3.91. The molecule has 1 N–H and O–H groups in total. The van der Waals surface area contributed by atoms with Crippen molar-refractivity contribution in [2.24, 2.45) is 0 Å². The summed E-state index contributed by atoms with van der Waals surface area (Å²) in [7, 11) is -1.00. The highest BCUT2D eigenvalue weighted by Gasteiger charge is 2.33. The van der Waals surface area contributed by atoms with E-state index in [1.807, 2.05) is 6.92 Å². The van der Waals surface area contributed by atoms with Gasteiger partial charge in [0, 0.05) is 28.7 Å². The van der Waals surface area contributed by atoms with Crippen molar-refractivity contribution in [3.05, 3.63) is 52.0 Å². The van der Waals surface area contributed by atoms with Gasteiger partial charge in [0.1, 0.15) is 12.6 Å². The number of hydrogen-bond acceptors (Lipinski definition) is 6. The lowest BCUT2D eigenvalue weighted by molar-refractivity contribution is -0.140. The van der Waals surface area contributed by atoms with E-state index in [0.29, 0.717) is 33.5 Å². The lowest BCUT2D eigenvalue weighted by atomic mass is 9.95. The molecule has 1 fully saturated rings. The summed E-state index contributed by atoms with van der Waals surface area (Å²) in [5.41, 5.74) is 0.804. The highest BCUT2D eigenvalue weighted by molar-refractivity contribution is 7.92. The first-order valence-corrected chi connectivity index (χ1v) is 15.8. The molecule has 0 spiro atoms. The van der Waals surface area contributed by atoms with Gasteiger partial charge in [-0.25, -0.2) is 8.42 Å². The topological polar surface area (TPSA) is 105 Å². The summed E-state index contributed by atoms with van der Waals surface area (Å²) in [6, 6.07) is 8.70. The van der Waals surface area contributed by atoms with Gasteiger partial charge in [-0.1, -0.05) is 55.5 Å². The number of hydrogen-bond donors (Lipinski definition) is 1. The number of amides is 2.